The molecule has 0 saturated carbocycles. The molecule has 0 spiro atoms. The number of hydrogen-bond acceptors (Lipinski definition) is 6. The van der Waals surface area contributed by atoms with E-state index in [-0.39, 0.29) is 12.2 Å². The Kier molecular flexibility index (Phi) is 6.56. The topological polar surface area (TPSA) is 93.1 Å². The van der Waals surface area contributed by atoms with Gasteiger partial charge in [0.05, 0.1) is 12.5 Å². The van der Waals surface area contributed by atoms with Crippen molar-refractivity contribution in [3.63, 3.8) is 0 Å². The second-order valence-electron chi connectivity index (χ2n) is 6.70. The lowest BCUT2D eigenvalue weighted by atomic mass is 9.84. The predicted molar refractivity (Wildman–Crippen MR) is 96.0 cm³/mol. The zero-order chi connectivity index (χ0) is 19.4. The van der Waals surface area contributed by atoms with Crippen molar-refractivity contribution in [2.45, 2.75) is 51.9 Å². The smallest absolute Gasteiger partial charge is 0.334 e. The fraction of sp³-hybridized carbons (Fsp3) is 0.500. The van der Waals surface area contributed by atoms with Gasteiger partial charge in [-0.25, -0.2) is 9.59 Å². The summed E-state index contributed by atoms with van der Waals surface area (Å²) in [5, 5.41) is 20.7. The van der Waals surface area contributed by atoms with Gasteiger partial charge in [-0.15, -0.1) is 0 Å². The van der Waals surface area contributed by atoms with E-state index in [1.165, 1.54) is 0 Å². The summed E-state index contributed by atoms with van der Waals surface area (Å²) in [7, 11) is 0. The molecule has 0 aromatic carbocycles. The molecule has 1 aliphatic heterocycles. The Hall–Kier alpha value is -2.18. The van der Waals surface area contributed by atoms with Crippen LogP contribution in [-0.4, -0.2) is 47.1 Å². The van der Waals surface area contributed by atoms with Crippen molar-refractivity contribution in [2.75, 3.05) is 6.61 Å². The summed E-state index contributed by atoms with van der Waals surface area (Å²) in [5.41, 5.74) is 1.92. The van der Waals surface area contributed by atoms with Gasteiger partial charge in [0.2, 0.25) is 0 Å². The number of aliphatic hydroxyl groups is 2. The molecule has 0 unspecified atom stereocenters. The highest BCUT2D eigenvalue weighted by molar-refractivity contribution is 5.91. The normalized spacial score (nSPS) is 34.1. The summed E-state index contributed by atoms with van der Waals surface area (Å²) in [4.78, 5) is 24.2. The number of rotatable bonds is 3. The molecule has 0 amide bonds. The minimum Gasteiger partial charge on any atom is -0.454 e. The highest BCUT2D eigenvalue weighted by atomic mass is 16.6. The lowest BCUT2D eigenvalue weighted by molar-refractivity contribution is -0.150. The Balaban J connectivity index is 2.45. The van der Waals surface area contributed by atoms with Crippen molar-refractivity contribution in [2.24, 2.45) is 5.92 Å². The van der Waals surface area contributed by atoms with Crippen LogP contribution in [0.15, 0.2) is 47.1 Å². The van der Waals surface area contributed by atoms with E-state index in [4.69, 9.17) is 9.47 Å². The molecule has 6 nitrogen and oxygen atoms in total. The molecule has 2 aliphatic rings. The van der Waals surface area contributed by atoms with E-state index >= 15 is 0 Å². The van der Waals surface area contributed by atoms with E-state index in [0.29, 0.717) is 24.0 Å². The summed E-state index contributed by atoms with van der Waals surface area (Å²) in [5.74, 6) is -1.92. The summed E-state index contributed by atoms with van der Waals surface area (Å²) in [6.45, 7) is 8.60. The minimum absolute atomic E-state index is 0.133. The second kappa shape index (κ2) is 8.47. The first-order valence-corrected chi connectivity index (χ1v) is 8.69. The summed E-state index contributed by atoms with van der Waals surface area (Å²) in [6.07, 6.45) is 3.44. The molecular weight excluding hydrogens is 336 g/mol. The average molecular weight is 362 g/mol. The predicted octanol–water partition coefficient (Wildman–Crippen LogP) is 1.98. The van der Waals surface area contributed by atoms with E-state index < -0.39 is 36.2 Å². The second-order valence-corrected chi connectivity index (χ2v) is 6.70. The molecule has 4 atom stereocenters. The van der Waals surface area contributed by atoms with Crippen molar-refractivity contribution in [3.8, 4) is 0 Å². The monoisotopic (exact) mass is 362 g/mol. The van der Waals surface area contributed by atoms with Crippen LogP contribution in [0, 0.1) is 5.92 Å². The van der Waals surface area contributed by atoms with Crippen molar-refractivity contribution in [3.05, 3.63) is 47.1 Å². The van der Waals surface area contributed by atoms with Gasteiger partial charge in [-0.1, -0.05) is 24.3 Å². The van der Waals surface area contributed by atoms with Crippen molar-refractivity contribution < 1.29 is 29.3 Å². The Morgan fingerprint density at radius 2 is 2.19 bits per heavy atom. The SMILES string of the molecule is C=C1C(=O)O[C@H]2/C=C(\C)CC/C=C(\CO)[C@@H](OC(=O)/C(C)=C\C)[C@H](O)[C@H]12. The molecule has 26 heavy (non-hydrogen) atoms. The number of allylic oxidation sites excluding steroid dienone is 3. The number of carbonyl (C=O) groups excluding carboxylic acids is 2. The van der Waals surface area contributed by atoms with E-state index in [1.807, 2.05) is 6.92 Å². The van der Waals surface area contributed by atoms with E-state index in [2.05, 4.69) is 6.58 Å². The maximum atomic E-state index is 12.2. The Labute approximate surface area is 153 Å². The van der Waals surface area contributed by atoms with Gasteiger partial charge in [-0.3, -0.25) is 0 Å². The van der Waals surface area contributed by atoms with Crippen LogP contribution in [-0.2, 0) is 19.1 Å². The molecule has 1 aliphatic carbocycles. The molecule has 2 N–H and O–H groups in total. The average Bonchev–Trinajstić information content (AvgIpc) is 2.88. The lowest BCUT2D eigenvalue weighted by Crippen LogP contribution is -2.42. The standard InChI is InChI=1S/C20H26O6/c1-5-12(3)19(23)26-18-14(10-21)8-6-7-11(2)9-15-16(17(18)22)13(4)20(24)25-15/h5,8-9,15-18,21-22H,4,6-7,10H2,1-3H3/b11-9+,12-5-,14-8+/t15-,16+,17+,18+/m0/s1. The molecule has 6 heteroatoms. The largest absolute Gasteiger partial charge is 0.454 e. The van der Waals surface area contributed by atoms with Gasteiger partial charge in [0, 0.05) is 11.1 Å². The van der Waals surface area contributed by atoms with Crippen LogP contribution in [0.4, 0.5) is 0 Å². The third-order valence-corrected chi connectivity index (χ3v) is 4.87. The Bertz CT molecular complexity index is 684. The van der Waals surface area contributed by atoms with E-state index in [1.54, 1.807) is 32.1 Å². The van der Waals surface area contributed by atoms with Crippen LogP contribution in [0.2, 0.25) is 0 Å². The number of esters is 2. The Morgan fingerprint density at radius 1 is 1.50 bits per heavy atom. The highest BCUT2D eigenvalue weighted by Crippen LogP contribution is 2.35. The van der Waals surface area contributed by atoms with Gasteiger partial charge in [-0.05, 0) is 45.3 Å². The number of carbonyl (C=O) groups is 2. The number of ether oxygens (including phenoxy) is 2. The molecule has 0 aromatic heterocycles. The highest BCUT2D eigenvalue weighted by Gasteiger charge is 2.46. The molecule has 2 rings (SSSR count). The molecule has 0 aromatic rings. The van der Waals surface area contributed by atoms with Gasteiger partial charge in [-0.2, -0.15) is 0 Å². The third-order valence-electron chi connectivity index (χ3n) is 4.87. The summed E-state index contributed by atoms with van der Waals surface area (Å²) in [6, 6.07) is 0. The van der Waals surface area contributed by atoms with Crippen LogP contribution in [0.3, 0.4) is 0 Å². The van der Waals surface area contributed by atoms with Gasteiger partial charge in [0.25, 0.3) is 0 Å². The lowest BCUT2D eigenvalue weighted by Gasteiger charge is -2.31. The fourth-order valence-electron chi connectivity index (χ4n) is 3.14. The van der Waals surface area contributed by atoms with Crippen LogP contribution in [0.5, 0.6) is 0 Å². The number of fused-ring (bicyclic) bond motifs is 1. The molecule has 1 fully saturated rings. The first-order chi connectivity index (χ1) is 12.3. The quantitative estimate of drug-likeness (QED) is 0.453. The maximum absolute atomic E-state index is 12.2. The third kappa shape index (κ3) is 4.14. The van der Waals surface area contributed by atoms with Crippen molar-refractivity contribution in [1.82, 2.24) is 0 Å². The zero-order valence-electron chi connectivity index (χ0n) is 15.4. The number of hydrogen-bond donors (Lipinski definition) is 2. The van der Waals surface area contributed by atoms with Gasteiger partial charge < -0.3 is 19.7 Å². The van der Waals surface area contributed by atoms with Crippen LogP contribution in [0.25, 0.3) is 0 Å². The van der Waals surface area contributed by atoms with Gasteiger partial charge in [0.1, 0.15) is 12.2 Å². The number of aliphatic hydroxyl groups excluding tert-OH is 2. The Morgan fingerprint density at radius 3 is 2.81 bits per heavy atom. The molecular formula is C20H26O6. The first kappa shape index (κ1) is 20.1. The fourth-order valence-corrected chi connectivity index (χ4v) is 3.14. The zero-order valence-corrected chi connectivity index (χ0v) is 15.4. The molecule has 142 valence electrons. The van der Waals surface area contributed by atoms with E-state index in [0.717, 1.165) is 5.57 Å². The van der Waals surface area contributed by atoms with Gasteiger partial charge in [0.15, 0.2) is 6.10 Å². The molecule has 1 saturated heterocycles. The molecule has 1 heterocycles. The van der Waals surface area contributed by atoms with Crippen LogP contribution >= 0.6 is 0 Å². The van der Waals surface area contributed by atoms with Crippen LogP contribution in [0.1, 0.15) is 33.6 Å². The first-order valence-electron chi connectivity index (χ1n) is 8.69. The van der Waals surface area contributed by atoms with E-state index in [9.17, 15) is 19.8 Å². The molecule has 0 bridgehead atoms. The van der Waals surface area contributed by atoms with Crippen molar-refractivity contribution in [1.29, 1.82) is 0 Å². The molecule has 0 radical (unpaired) electrons. The van der Waals surface area contributed by atoms with Crippen molar-refractivity contribution >= 4 is 11.9 Å². The summed E-state index contributed by atoms with van der Waals surface area (Å²) < 4.78 is 10.8. The van der Waals surface area contributed by atoms with Crippen LogP contribution < -0.4 is 0 Å². The minimum atomic E-state index is -1.27. The van der Waals surface area contributed by atoms with Gasteiger partial charge >= 0.3 is 11.9 Å². The summed E-state index contributed by atoms with van der Waals surface area (Å²) >= 11 is 0. The maximum Gasteiger partial charge on any atom is 0.334 e.